The number of nitrogens with zero attached hydrogens (tertiary/aromatic N) is 1. The van der Waals surface area contributed by atoms with Crippen LogP contribution >= 0.6 is 0 Å². The molecule has 0 aliphatic rings. The van der Waals surface area contributed by atoms with Gasteiger partial charge in [-0.05, 0) is 34.9 Å². The SMILES string of the molecule is COc1cccc(-c2ccccc2)c1-c1ccc(N(C)C)cc1. The third-order valence-electron chi connectivity index (χ3n) is 4.00. The van der Waals surface area contributed by atoms with E-state index in [4.69, 9.17) is 4.74 Å². The van der Waals surface area contributed by atoms with Crippen LogP contribution in [0.2, 0.25) is 0 Å². The van der Waals surface area contributed by atoms with Crippen LogP contribution in [0.4, 0.5) is 5.69 Å². The molecule has 0 unspecified atom stereocenters. The van der Waals surface area contributed by atoms with E-state index >= 15 is 0 Å². The van der Waals surface area contributed by atoms with Gasteiger partial charge in [0.1, 0.15) is 5.75 Å². The Kier molecular flexibility index (Phi) is 4.33. The summed E-state index contributed by atoms with van der Waals surface area (Å²) in [6.45, 7) is 0. The Morgan fingerprint density at radius 3 is 2.00 bits per heavy atom. The van der Waals surface area contributed by atoms with E-state index in [-0.39, 0.29) is 0 Å². The second kappa shape index (κ2) is 6.57. The number of rotatable bonds is 4. The molecule has 0 saturated carbocycles. The summed E-state index contributed by atoms with van der Waals surface area (Å²) in [5.41, 5.74) is 5.85. The van der Waals surface area contributed by atoms with E-state index in [1.54, 1.807) is 7.11 Å². The largest absolute Gasteiger partial charge is 0.496 e. The van der Waals surface area contributed by atoms with Crippen LogP contribution in [0.3, 0.4) is 0 Å². The van der Waals surface area contributed by atoms with Crippen LogP contribution in [0.15, 0.2) is 72.8 Å². The van der Waals surface area contributed by atoms with Crippen molar-refractivity contribution in [2.45, 2.75) is 0 Å². The van der Waals surface area contributed by atoms with E-state index in [0.717, 1.165) is 16.9 Å². The van der Waals surface area contributed by atoms with Gasteiger partial charge in [0.15, 0.2) is 0 Å². The number of methoxy groups -OCH3 is 1. The molecule has 23 heavy (non-hydrogen) atoms. The van der Waals surface area contributed by atoms with Gasteiger partial charge in [0.05, 0.1) is 7.11 Å². The number of hydrogen-bond donors (Lipinski definition) is 0. The number of hydrogen-bond acceptors (Lipinski definition) is 2. The molecular weight excluding hydrogens is 282 g/mol. The van der Waals surface area contributed by atoms with Crippen LogP contribution in [-0.4, -0.2) is 21.2 Å². The van der Waals surface area contributed by atoms with Gasteiger partial charge in [-0.1, -0.05) is 54.6 Å². The molecule has 0 N–H and O–H groups in total. The first-order chi connectivity index (χ1) is 11.2. The second-order valence-electron chi connectivity index (χ2n) is 5.69. The highest BCUT2D eigenvalue weighted by Gasteiger charge is 2.13. The zero-order chi connectivity index (χ0) is 16.2. The molecule has 116 valence electrons. The molecular formula is C21H21NO. The maximum Gasteiger partial charge on any atom is 0.127 e. The van der Waals surface area contributed by atoms with Crippen molar-refractivity contribution in [3.05, 3.63) is 72.8 Å². The van der Waals surface area contributed by atoms with Crippen molar-refractivity contribution in [2.75, 3.05) is 26.1 Å². The molecule has 0 amide bonds. The van der Waals surface area contributed by atoms with Crippen molar-refractivity contribution in [3.63, 3.8) is 0 Å². The average Bonchev–Trinajstić information content (AvgIpc) is 2.62. The molecule has 0 spiro atoms. The zero-order valence-electron chi connectivity index (χ0n) is 13.8. The van der Waals surface area contributed by atoms with E-state index in [9.17, 15) is 0 Å². The van der Waals surface area contributed by atoms with Crippen LogP contribution in [0.1, 0.15) is 0 Å². The highest BCUT2D eigenvalue weighted by atomic mass is 16.5. The Bertz CT molecular complexity index is 777. The zero-order valence-corrected chi connectivity index (χ0v) is 13.8. The first kappa shape index (κ1) is 15.2. The molecule has 3 aromatic rings. The highest BCUT2D eigenvalue weighted by molar-refractivity contribution is 5.88. The summed E-state index contributed by atoms with van der Waals surface area (Å²) in [5, 5.41) is 0. The van der Waals surface area contributed by atoms with E-state index in [0.29, 0.717) is 0 Å². The molecule has 0 aliphatic carbocycles. The fourth-order valence-electron chi connectivity index (χ4n) is 2.78. The van der Waals surface area contributed by atoms with Gasteiger partial charge in [-0.2, -0.15) is 0 Å². The lowest BCUT2D eigenvalue weighted by Gasteiger charge is -2.17. The van der Waals surface area contributed by atoms with Crippen molar-refractivity contribution in [2.24, 2.45) is 0 Å². The minimum Gasteiger partial charge on any atom is -0.496 e. The van der Waals surface area contributed by atoms with Crippen LogP contribution in [0.25, 0.3) is 22.3 Å². The third kappa shape index (κ3) is 3.07. The first-order valence-corrected chi connectivity index (χ1v) is 7.71. The van der Waals surface area contributed by atoms with Gasteiger partial charge in [0.25, 0.3) is 0 Å². The van der Waals surface area contributed by atoms with Gasteiger partial charge in [0, 0.05) is 25.3 Å². The van der Waals surface area contributed by atoms with Gasteiger partial charge < -0.3 is 9.64 Å². The molecule has 0 saturated heterocycles. The third-order valence-corrected chi connectivity index (χ3v) is 4.00. The number of ether oxygens (including phenoxy) is 1. The highest BCUT2D eigenvalue weighted by Crippen LogP contribution is 2.39. The maximum atomic E-state index is 5.63. The lowest BCUT2D eigenvalue weighted by Crippen LogP contribution is -2.07. The first-order valence-electron chi connectivity index (χ1n) is 7.71. The molecule has 0 atom stereocenters. The van der Waals surface area contributed by atoms with Crippen molar-refractivity contribution in [1.29, 1.82) is 0 Å². The summed E-state index contributed by atoms with van der Waals surface area (Å²) in [7, 11) is 5.82. The molecule has 0 aliphatic heterocycles. The average molecular weight is 303 g/mol. The predicted octanol–water partition coefficient (Wildman–Crippen LogP) is 5.10. The standard InChI is InChI=1S/C21H21NO/c1-22(2)18-14-12-17(13-15-18)21-19(10-7-11-20(21)23-3)16-8-5-4-6-9-16/h4-15H,1-3H3. The summed E-state index contributed by atoms with van der Waals surface area (Å²) in [6.07, 6.45) is 0. The van der Waals surface area contributed by atoms with Crippen molar-refractivity contribution in [1.82, 2.24) is 0 Å². The summed E-state index contributed by atoms with van der Waals surface area (Å²) in [4.78, 5) is 2.10. The number of benzene rings is 3. The van der Waals surface area contributed by atoms with E-state index in [2.05, 4.69) is 59.5 Å². The Morgan fingerprint density at radius 2 is 1.39 bits per heavy atom. The monoisotopic (exact) mass is 303 g/mol. The maximum absolute atomic E-state index is 5.63. The van der Waals surface area contributed by atoms with Crippen LogP contribution < -0.4 is 9.64 Å². The summed E-state index contributed by atoms with van der Waals surface area (Å²) in [5.74, 6) is 0.893. The fourth-order valence-corrected chi connectivity index (χ4v) is 2.78. The Hall–Kier alpha value is -2.74. The molecule has 3 rings (SSSR count). The van der Waals surface area contributed by atoms with Gasteiger partial charge in [0.2, 0.25) is 0 Å². The van der Waals surface area contributed by atoms with Crippen molar-refractivity contribution < 1.29 is 4.74 Å². The lowest BCUT2D eigenvalue weighted by molar-refractivity contribution is 0.416. The van der Waals surface area contributed by atoms with Crippen LogP contribution in [-0.2, 0) is 0 Å². The van der Waals surface area contributed by atoms with Gasteiger partial charge in [-0.25, -0.2) is 0 Å². The van der Waals surface area contributed by atoms with Crippen molar-refractivity contribution >= 4 is 5.69 Å². The van der Waals surface area contributed by atoms with Gasteiger partial charge in [-0.3, -0.25) is 0 Å². The summed E-state index contributed by atoms with van der Waals surface area (Å²) < 4.78 is 5.63. The minimum atomic E-state index is 0.893. The Labute approximate surface area is 138 Å². The van der Waals surface area contributed by atoms with Gasteiger partial charge in [-0.15, -0.1) is 0 Å². The topological polar surface area (TPSA) is 12.5 Å². The van der Waals surface area contributed by atoms with Gasteiger partial charge >= 0.3 is 0 Å². The molecule has 0 heterocycles. The van der Waals surface area contributed by atoms with Crippen LogP contribution in [0, 0.1) is 0 Å². The molecule has 3 aromatic carbocycles. The molecule has 0 bridgehead atoms. The minimum absolute atomic E-state index is 0.893. The molecule has 2 heteroatoms. The lowest BCUT2D eigenvalue weighted by atomic mass is 9.93. The Morgan fingerprint density at radius 1 is 0.696 bits per heavy atom. The fraction of sp³-hybridized carbons (Fsp3) is 0.143. The van der Waals surface area contributed by atoms with E-state index in [1.807, 2.05) is 32.3 Å². The molecule has 2 nitrogen and oxygen atoms in total. The number of anilines is 1. The van der Waals surface area contributed by atoms with Crippen LogP contribution in [0.5, 0.6) is 5.75 Å². The van der Waals surface area contributed by atoms with Crippen molar-refractivity contribution in [3.8, 4) is 28.0 Å². The Balaban J connectivity index is 2.17. The van der Waals surface area contributed by atoms with E-state index in [1.165, 1.54) is 16.8 Å². The summed E-state index contributed by atoms with van der Waals surface area (Å²) >= 11 is 0. The normalized spacial score (nSPS) is 10.4. The molecule has 0 aromatic heterocycles. The molecule has 0 fully saturated rings. The summed E-state index contributed by atoms with van der Waals surface area (Å²) in [6, 6.07) is 25.2. The smallest absolute Gasteiger partial charge is 0.127 e. The quantitative estimate of drug-likeness (QED) is 0.665. The predicted molar refractivity (Wildman–Crippen MR) is 98.2 cm³/mol. The second-order valence-corrected chi connectivity index (χ2v) is 5.69. The molecule has 0 radical (unpaired) electrons. The van der Waals surface area contributed by atoms with E-state index < -0.39 is 0 Å².